The van der Waals surface area contributed by atoms with Gasteiger partial charge in [-0.2, -0.15) is 0 Å². The van der Waals surface area contributed by atoms with Crippen molar-refractivity contribution in [3.8, 4) is 22.3 Å². The lowest BCUT2D eigenvalue weighted by atomic mass is 9.81. The van der Waals surface area contributed by atoms with Crippen molar-refractivity contribution >= 4 is 22.6 Å². The van der Waals surface area contributed by atoms with E-state index in [9.17, 15) is 0 Å². The molecular weight excluding hydrogens is 271 g/mol. The Hall–Kier alpha value is -0.830. The Bertz CT molecular complexity index is 486. The van der Waals surface area contributed by atoms with Crippen molar-refractivity contribution < 1.29 is 0 Å². The molecule has 0 aromatic heterocycles. The van der Waals surface area contributed by atoms with E-state index in [1.807, 2.05) is 0 Å². The molecule has 0 heterocycles. The molecule has 3 rings (SSSR count). The van der Waals surface area contributed by atoms with Crippen LogP contribution in [0.15, 0.2) is 42.5 Å². The molecule has 1 aliphatic rings. The summed E-state index contributed by atoms with van der Waals surface area (Å²) < 4.78 is 1.31. The van der Waals surface area contributed by atoms with Gasteiger partial charge in [0.25, 0.3) is 0 Å². The van der Waals surface area contributed by atoms with Gasteiger partial charge in [-0.25, -0.2) is 0 Å². The van der Waals surface area contributed by atoms with Crippen LogP contribution in [0.5, 0.6) is 0 Å². The van der Waals surface area contributed by atoms with E-state index in [0.29, 0.717) is 0 Å². The van der Waals surface area contributed by atoms with E-state index < -0.39 is 0 Å². The third kappa shape index (κ3) is 0.967. The number of benzene rings is 2. The van der Waals surface area contributed by atoms with Gasteiger partial charge in [0.2, 0.25) is 0 Å². The second-order valence-electron chi connectivity index (χ2n) is 3.24. The SMILES string of the molecule is Ic1ccc2c(c1)-c1ccccc1-2. The lowest BCUT2D eigenvalue weighted by Gasteiger charge is -2.23. The van der Waals surface area contributed by atoms with Crippen molar-refractivity contribution in [2.24, 2.45) is 0 Å². The Morgan fingerprint density at radius 1 is 0.692 bits per heavy atom. The summed E-state index contributed by atoms with van der Waals surface area (Å²) in [5.41, 5.74) is 5.60. The lowest BCUT2D eigenvalue weighted by Crippen LogP contribution is -1.97. The van der Waals surface area contributed by atoms with Crippen molar-refractivity contribution in [1.29, 1.82) is 0 Å². The monoisotopic (exact) mass is 278 g/mol. The molecule has 0 bridgehead atoms. The van der Waals surface area contributed by atoms with Crippen LogP contribution in [-0.2, 0) is 0 Å². The highest BCUT2D eigenvalue weighted by molar-refractivity contribution is 14.1. The first-order valence-corrected chi connectivity index (χ1v) is 5.33. The van der Waals surface area contributed by atoms with Crippen LogP contribution in [-0.4, -0.2) is 0 Å². The Kier molecular flexibility index (Phi) is 1.50. The molecule has 1 heteroatoms. The van der Waals surface area contributed by atoms with Gasteiger partial charge in [0, 0.05) is 3.57 Å². The molecule has 2 aromatic carbocycles. The van der Waals surface area contributed by atoms with Gasteiger partial charge in [0.05, 0.1) is 0 Å². The van der Waals surface area contributed by atoms with Crippen LogP contribution >= 0.6 is 22.6 Å². The van der Waals surface area contributed by atoms with Crippen LogP contribution in [0.25, 0.3) is 22.3 Å². The number of rotatable bonds is 0. The van der Waals surface area contributed by atoms with E-state index in [1.54, 1.807) is 0 Å². The smallest absolute Gasteiger partial charge is 0.0136 e. The molecule has 0 saturated carbocycles. The third-order valence-electron chi connectivity index (χ3n) is 2.49. The fraction of sp³-hybridized carbons (Fsp3) is 0. The normalized spacial score (nSPS) is 11.5. The van der Waals surface area contributed by atoms with E-state index in [1.165, 1.54) is 25.8 Å². The minimum absolute atomic E-state index is 1.31. The van der Waals surface area contributed by atoms with E-state index in [4.69, 9.17) is 0 Å². The fourth-order valence-electron chi connectivity index (χ4n) is 1.86. The number of halogens is 1. The Morgan fingerprint density at radius 2 is 1.31 bits per heavy atom. The van der Waals surface area contributed by atoms with Gasteiger partial charge in [-0.15, -0.1) is 0 Å². The number of hydrogen-bond donors (Lipinski definition) is 0. The molecular formula is C12H7I. The van der Waals surface area contributed by atoms with Gasteiger partial charge in [0.15, 0.2) is 0 Å². The second kappa shape index (κ2) is 2.58. The largest absolute Gasteiger partial charge is 0.0616 e. The molecule has 62 valence electrons. The molecule has 0 amide bonds. The first-order chi connectivity index (χ1) is 6.36. The molecule has 0 radical (unpaired) electrons. The van der Waals surface area contributed by atoms with Crippen molar-refractivity contribution in [2.45, 2.75) is 0 Å². The molecule has 0 N–H and O–H groups in total. The minimum atomic E-state index is 1.31. The quantitative estimate of drug-likeness (QED) is 0.546. The van der Waals surface area contributed by atoms with E-state index >= 15 is 0 Å². The molecule has 0 aliphatic heterocycles. The maximum Gasteiger partial charge on any atom is 0.0136 e. The summed E-state index contributed by atoms with van der Waals surface area (Å²) in [5, 5.41) is 0. The van der Waals surface area contributed by atoms with Crippen LogP contribution in [0, 0.1) is 3.57 Å². The van der Waals surface area contributed by atoms with E-state index in [2.05, 4.69) is 65.1 Å². The lowest BCUT2D eigenvalue weighted by molar-refractivity contribution is 1.50. The molecule has 0 nitrogen and oxygen atoms in total. The van der Waals surface area contributed by atoms with Crippen LogP contribution < -0.4 is 0 Å². The predicted molar refractivity (Wildman–Crippen MR) is 63.6 cm³/mol. The first kappa shape index (κ1) is 7.56. The summed E-state index contributed by atoms with van der Waals surface area (Å²) in [7, 11) is 0. The van der Waals surface area contributed by atoms with Gasteiger partial charge in [-0.05, 0) is 57.0 Å². The number of fused-ring (bicyclic) bond motifs is 4. The van der Waals surface area contributed by atoms with Crippen LogP contribution in [0.1, 0.15) is 0 Å². The zero-order chi connectivity index (χ0) is 8.84. The molecule has 0 spiro atoms. The highest BCUT2D eigenvalue weighted by Crippen LogP contribution is 2.46. The van der Waals surface area contributed by atoms with Gasteiger partial charge in [-0.1, -0.05) is 30.3 Å². The standard InChI is InChI=1S/C12H7I/c13-8-5-6-11-9-3-1-2-4-10(9)12(11)7-8/h1-7H. The summed E-state index contributed by atoms with van der Waals surface area (Å²) in [6.07, 6.45) is 0. The van der Waals surface area contributed by atoms with E-state index in [-0.39, 0.29) is 0 Å². The zero-order valence-corrected chi connectivity index (χ0v) is 9.08. The maximum absolute atomic E-state index is 2.35. The molecule has 0 fully saturated rings. The first-order valence-electron chi connectivity index (χ1n) is 4.25. The van der Waals surface area contributed by atoms with Crippen molar-refractivity contribution in [1.82, 2.24) is 0 Å². The highest BCUT2D eigenvalue weighted by Gasteiger charge is 2.20. The summed E-state index contributed by atoms with van der Waals surface area (Å²) in [6.45, 7) is 0. The Morgan fingerprint density at radius 3 is 2.08 bits per heavy atom. The minimum Gasteiger partial charge on any atom is -0.0616 e. The summed E-state index contributed by atoms with van der Waals surface area (Å²) >= 11 is 2.35. The average Bonchev–Trinajstić information content (AvgIpc) is 2.15. The molecule has 2 aromatic rings. The van der Waals surface area contributed by atoms with Gasteiger partial charge < -0.3 is 0 Å². The predicted octanol–water partition coefficient (Wildman–Crippen LogP) is 3.94. The van der Waals surface area contributed by atoms with E-state index in [0.717, 1.165) is 0 Å². The summed E-state index contributed by atoms with van der Waals surface area (Å²) in [4.78, 5) is 0. The Balaban J connectivity index is 2.29. The maximum atomic E-state index is 2.35. The van der Waals surface area contributed by atoms with Gasteiger partial charge in [0.1, 0.15) is 0 Å². The molecule has 13 heavy (non-hydrogen) atoms. The summed E-state index contributed by atoms with van der Waals surface area (Å²) in [5.74, 6) is 0. The average molecular weight is 278 g/mol. The topological polar surface area (TPSA) is 0 Å². The second-order valence-corrected chi connectivity index (χ2v) is 4.48. The van der Waals surface area contributed by atoms with Crippen molar-refractivity contribution in [3.05, 3.63) is 46.0 Å². The van der Waals surface area contributed by atoms with Gasteiger partial charge in [-0.3, -0.25) is 0 Å². The number of hydrogen-bond acceptors (Lipinski definition) is 0. The molecule has 0 unspecified atom stereocenters. The highest BCUT2D eigenvalue weighted by atomic mass is 127. The van der Waals surface area contributed by atoms with Crippen LogP contribution in [0.3, 0.4) is 0 Å². The Labute approximate surface area is 90.7 Å². The molecule has 0 saturated heterocycles. The fourth-order valence-corrected chi connectivity index (χ4v) is 2.36. The van der Waals surface area contributed by atoms with Crippen molar-refractivity contribution in [2.75, 3.05) is 0 Å². The third-order valence-corrected chi connectivity index (χ3v) is 3.16. The van der Waals surface area contributed by atoms with Crippen LogP contribution in [0.4, 0.5) is 0 Å². The van der Waals surface area contributed by atoms with Crippen LogP contribution in [0.2, 0.25) is 0 Å². The van der Waals surface area contributed by atoms with Gasteiger partial charge >= 0.3 is 0 Å². The zero-order valence-electron chi connectivity index (χ0n) is 6.92. The van der Waals surface area contributed by atoms with Crippen molar-refractivity contribution in [3.63, 3.8) is 0 Å². The molecule has 1 aliphatic carbocycles. The molecule has 0 atom stereocenters. The summed E-state index contributed by atoms with van der Waals surface area (Å²) in [6, 6.07) is 15.2.